The molecule has 6 heteroatoms. The Kier molecular flexibility index (Phi) is 4.42. The van der Waals surface area contributed by atoms with Gasteiger partial charge < -0.3 is 5.32 Å². The van der Waals surface area contributed by atoms with Gasteiger partial charge in [-0.2, -0.15) is 5.10 Å². The number of benzene rings is 1. The highest BCUT2D eigenvalue weighted by Gasteiger charge is 2.12. The van der Waals surface area contributed by atoms with Gasteiger partial charge >= 0.3 is 0 Å². The second kappa shape index (κ2) is 5.88. The fourth-order valence-corrected chi connectivity index (χ4v) is 2.34. The molecule has 0 aliphatic heterocycles. The van der Waals surface area contributed by atoms with Gasteiger partial charge in [-0.05, 0) is 48.0 Å². The quantitative estimate of drug-likeness (QED) is 0.857. The van der Waals surface area contributed by atoms with Crippen LogP contribution >= 0.6 is 31.9 Å². The van der Waals surface area contributed by atoms with Crippen molar-refractivity contribution < 1.29 is 4.79 Å². The lowest BCUT2D eigenvalue weighted by molar-refractivity contribution is 0.102. The predicted molar refractivity (Wildman–Crippen MR) is 82.4 cm³/mol. The third-order valence-corrected chi connectivity index (χ3v) is 3.75. The lowest BCUT2D eigenvalue weighted by Gasteiger charge is -2.06. The molecule has 0 radical (unpaired) electrons. The zero-order valence-electron chi connectivity index (χ0n) is 10.5. The summed E-state index contributed by atoms with van der Waals surface area (Å²) < 4.78 is 3.41. The first kappa shape index (κ1) is 14.3. The van der Waals surface area contributed by atoms with Crippen LogP contribution in [0.4, 0.5) is 5.69 Å². The van der Waals surface area contributed by atoms with E-state index in [0.29, 0.717) is 11.3 Å². The second-order valence-corrected chi connectivity index (χ2v) is 6.15. The molecule has 0 spiro atoms. The van der Waals surface area contributed by atoms with Crippen LogP contribution in [0, 0.1) is 0 Å². The van der Waals surface area contributed by atoms with Gasteiger partial charge in [0.25, 0.3) is 5.91 Å². The monoisotopic (exact) mass is 385 g/mol. The normalized spacial score (nSPS) is 10.8. The number of nitrogens with zero attached hydrogens (tertiary/aromatic N) is 2. The summed E-state index contributed by atoms with van der Waals surface area (Å²) in [5.41, 5.74) is 1.26. The van der Waals surface area contributed by atoms with Gasteiger partial charge in [0, 0.05) is 21.2 Å². The molecule has 1 amide bonds. The number of rotatable bonds is 3. The molecule has 2 rings (SSSR count). The summed E-state index contributed by atoms with van der Waals surface area (Å²) in [6.45, 7) is 4.06. The Labute approximate surface area is 128 Å². The Balaban J connectivity index is 2.18. The molecule has 0 unspecified atom stereocenters. The van der Waals surface area contributed by atoms with Gasteiger partial charge in [-0.1, -0.05) is 15.9 Å². The fraction of sp³-hybridized carbons (Fsp3) is 0.231. The highest BCUT2D eigenvalue weighted by molar-refractivity contribution is 9.11. The third kappa shape index (κ3) is 3.45. The van der Waals surface area contributed by atoms with Crippen molar-refractivity contribution in [3.05, 3.63) is 45.1 Å². The molecule has 0 saturated carbocycles. The molecule has 19 heavy (non-hydrogen) atoms. The number of amides is 1. The minimum atomic E-state index is -0.170. The van der Waals surface area contributed by atoms with Crippen molar-refractivity contribution >= 4 is 43.5 Å². The summed E-state index contributed by atoms with van der Waals surface area (Å²) in [5, 5.41) is 7.01. The maximum absolute atomic E-state index is 12.2. The zero-order chi connectivity index (χ0) is 14.0. The first-order valence-corrected chi connectivity index (χ1v) is 7.36. The predicted octanol–water partition coefficient (Wildman–Crippen LogP) is 4.24. The maximum Gasteiger partial charge on any atom is 0.256 e. The fourth-order valence-electron chi connectivity index (χ4n) is 1.55. The molecule has 0 atom stereocenters. The first-order chi connectivity index (χ1) is 8.97. The smallest absolute Gasteiger partial charge is 0.256 e. The van der Waals surface area contributed by atoms with Crippen LogP contribution in [-0.2, 0) is 0 Å². The van der Waals surface area contributed by atoms with Crippen molar-refractivity contribution in [3.8, 4) is 0 Å². The van der Waals surface area contributed by atoms with Gasteiger partial charge in [-0.15, -0.1) is 0 Å². The van der Waals surface area contributed by atoms with Crippen LogP contribution in [0.15, 0.2) is 39.5 Å². The largest absolute Gasteiger partial charge is 0.319 e. The van der Waals surface area contributed by atoms with Crippen LogP contribution < -0.4 is 5.32 Å². The Bertz CT molecular complexity index is 608. The van der Waals surface area contributed by atoms with Gasteiger partial charge in [-0.25, -0.2) is 0 Å². The number of aromatic nitrogens is 2. The van der Waals surface area contributed by atoms with Crippen LogP contribution in [0.25, 0.3) is 0 Å². The average Bonchev–Trinajstić information content (AvgIpc) is 2.80. The third-order valence-electron chi connectivity index (χ3n) is 2.56. The van der Waals surface area contributed by atoms with Gasteiger partial charge in [0.05, 0.1) is 17.4 Å². The van der Waals surface area contributed by atoms with E-state index in [-0.39, 0.29) is 11.9 Å². The number of anilines is 1. The number of carbonyl (C=O) groups excluding carboxylic acids is 1. The summed E-state index contributed by atoms with van der Waals surface area (Å²) in [5.74, 6) is -0.170. The first-order valence-electron chi connectivity index (χ1n) is 5.78. The van der Waals surface area contributed by atoms with Crippen LogP contribution in [0.3, 0.4) is 0 Å². The van der Waals surface area contributed by atoms with Gasteiger partial charge in [0.2, 0.25) is 0 Å². The summed E-state index contributed by atoms with van der Waals surface area (Å²) in [4.78, 5) is 12.2. The Hall–Kier alpha value is -1.14. The molecule has 0 saturated heterocycles. The molecule has 2 aromatic rings. The lowest BCUT2D eigenvalue weighted by Crippen LogP contribution is -2.12. The highest BCUT2D eigenvalue weighted by atomic mass is 79.9. The van der Waals surface area contributed by atoms with Crippen molar-refractivity contribution in [2.45, 2.75) is 19.9 Å². The standard InChI is InChI=1S/C13H13Br2N3O/c1-8(2)18-7-10(6-16-18)17-13(19)11-5-9(14)3-4-12(11)15/h3-8H,1-2H3,(H,17,19). The number of carbonyl (C=O) groups is 1. The molecule has 0 aliphatic rings. The molecule has 0 aliphatic carbocycles. The molecule has 1 N–H and O–H groups in total. The molecule has 0 bridgehead atoms. The second-order valence-electron chi connectivity index (χ2n) is 4.38. The van der Waals surface area contributed by atoms with E-state index in [1.165, 1.54) is 0 Å². The van der Waals surface area contributed by atoms with Crippen LogP contribution in [0.2, 0.25) is 0 Å². The number of hydrogen-bond acceptors (Lipinski definition) is 2. The van der Waals surface area contributed by atoms with E-state index in [1.807, 2.05) is 32.2 Å². The van der Waals surface area contributed by atoms with Crippen LogP contribution in [0.5, 0.6) is 0 Å². The van der Waals surface area contributed by atoms with E-state index in [9.17, 15) is 4.79 Å². The summed E-state index contributed by atoms with van der Waals surface area (Å²) in [7, 11) is 0. The average molecular weight is 387 g/mol. The number of nitrogens with one attached hydrogen (secondary N) is 1. The topological polar surface area (TPSA) is 46.9 Å². The Morgan fingerprint density at radius 2 is 2.11 bits per heavy atom. The summed E-state index contributed by atoms with van der Waals surface area (Å²) >= 11 is 6.73. The van der Waals surface area contributed by atoms with E-state index in [1.54, 1.807) is 16.9 Å². The summed E-state index contributed by atoms with van der Waals surface area (Å²) in [6, 6.07) is 5.74. The molecule has 1 aromatic carbocycles. The van der Waals surface area contributed by atoms with Gasteiger partial charge in [-0.3, -0.25) is 9.48 Å². The zero-order valence-corrected chi connectivity index (χ0v) is 13.7. The molecule has 4 nitrogen and oxygen atoms in total. The van der Waals surface area contributed by atoms with Crippen molar-refractivity contribution in [1.82, 2.24) is 9.78 Å². The van der Waals surface area contributed by atoms with Crippen LogP contribution in [-0.4, -0.2) is 15.7 Å². The van der Waals surface area contributed by atoms with E-state index in [0.717, 1.165) is 8.95 Å². The van der Waals surface area contributed by atoms with E-state index in [2.05, 4.69) is 42.3 Å². The SMILES string of the molecule is CC(C)n1cc(NC(=O)c2cc(Br)ccc2Br)cn1. The van der Waals surface area contributed by atoms with Crippen molar-refractivity contribution in [2.75, 3.05) is 5.32 Å². The van der Waals surface area contributed by atoms with Crippen molar-refractivity contribution in [3.63, 3.8) is 0 Å². The van der Waals surface area contributed by atoms with Crippen molar-refractivity contribution in [2.24, 2.45) is 0 Å². The Morgan fingerprint density at radius 3 is 2.74 bits per heavy atom. The van der Waals surface area contributed by atoms with E-state index >= 15 is 0 Å². The Morgan fingerprint density at radius 1 is 1.37 bits per heavy atom. The molecule has 100 valence electrons. The maximum atomic E-state index is 12.2. The summed E-state index contributed by atoms with van der Waals surface area (Å²) in [6.07, 6.45) is 3.46. The highest BCUT2D eigenvalue weighted by Crippen LogP contribution is 2.22. The van der Waals surface area contributed by atoms with Gasteiger partial charge in [0.15, 0.2) is 0 Å². The minimum absolute atomic E-state index is 0.170. The molecular formula is C13H13Br2N3O. The number of hydrogen-bond donors (Lipinski definition) is 1. The minimum Gasteiger partial charge on any atom is -0.319 e. The van der Waals surface area contributed by atoms with Crippen LogP contribution in [0.1, 0.15) is 30.2 Å². The molecule has 0 fully saturated rings. The lowest BCUT2D eigenvalue weighted by atomic mass is 10.2. The molecule has 1 aromatic heterocycles. The number of halogens is 2. The van der Waals surface area contributed by atoms with E-state index in [4.69, 9.17) is 0 Å². The molecular weight excluding hydrogens is 374 g/mol. The molecule has 1 heterocycles. The van der Waals surface area contributed by atoms with Gasteiger partial charge in [0.1, 0.15) is 0 Å². The van der Waals surface area contributed by atoms with E-state index < -0.39 is 0 Å². The van der Waals surface area contributed by atoms with Crippen molar-refractivity contribution in [1.29, 1.82) is 0 Å².